The molecule has 1 aromatic carbocycles. The molecule has 2 rings (SSSR count). The topological polar surface area (TPSA) is 40.6 Å². The van der Waals surface area contributed by atoms with Crippen LogP contribution in [0, 0.1) is 9.49 Å². The summed E-state index contributed by atoms with van der Waals surface area (Å²) in [6, 6.07) is 7.64. The van der Waals surface area contributed by atoms with E-state index in [1.165, 1.54) is 0 Å². The smallest absolute Gasteiger partial charge is 0.255 e. The minimum atomic E-state index is 0.0691. The average molecular weight is 414 g/mol. The summed E-state index contributed by atoms with van der Waals surface area (Å²) in [4.78, 5) is 28.7. The van der Waals surface area contributed by atoms with Gasteiger partial charge in [-0.1, -0.05) is 26.0 Å². The molecule has 2 amide bonds. The lowest BCUT2D eigenvalue weighted by Crippen LogP contribution is -2.52. The quantitative estimate of drug-likeness (QED) is 0.711. The molecule has 1 heterocycles. The molecule has 1 aliphatic rings. The second kappa shape index (κ2) is 7.94. The van der Waals surface area contributed by atoms with Crippen LogP contribution in [-0.2, 0) is 4.79 Å². The fraction of sp³-hybridized carbons (Fsp3) is 0.529. The molecule has 5 heteroatoms. The van der Waals surface area contributed by atoms with Crippen molar-refractivity contribution < 1.29 is 9.59 Å². The highest BCUT2D eigenvalue weighted by molar-refractivity contribution is 14.1. The largest absolute Gasteiger partial charge is 0.339 e. The van der Waals surface area contributed by atoms with E-state index < -0.39 is 0 Å². The number of nitrogens with zero attached hydrogens (tertiary/aromatic N) is 2. The zero-order valence-electron chi connectivity index (χ0n) is 13.2. The van der Waals surface area contributed by atoms with Crippen molar-refractivity contribution in [2.75, 3.05) is 26.2 Å². The van der Waals surface area contributed by atoms with Crippen LogP contribution in [0.3, 0.4) is 0 Å². The van der Waals surface area contributed by atoms with Crippen molar-refractivity contribution >= 4 is 34.4 Å². The second-order valence-corrected chi connectivity index (χ2v) is 6.77. The minimum absolute atomic E-state index is 0.0691. The molecule has 0 unspecified atom stereocenters. The summed E-state index contributed by atoms with van der Waals surface area (Å²) in [6.45, 7) is 6.65. The second-order valence-electron chi connectivity index (χ2n) is 5.61. The van der Waals surface area contributed by atoms with Gasteiger partial charge in [-0.05, 0) is 47.6 Å². The van der Waals surface area contributed by atoms with E-state index in [9.17, 15) is 9.59 Å². The first-order valence-corrected chi connectivity index (χ1v) is 8.98. The van der Waals surface area contributed by atoms with E-state index in [0.29, 0.717) is 26.2 Å². The first kappa shape index (κ1) is 17.2. The molecule has 0 aliphatic carbocycles. The molecule has 0 atom stereocenters. The molecule has 0 radical (unpaired) electrons. The van der Waals surface area contributed by atoms with Gasteiger partial charge in [0, 0.05) is 35.7 Å². The van der Waals surface area contributed by atoms with Gasteiger partial charge in [0.15, 0.2) is 0 Å². The molecule has 1 saturated heterocycles. The van der Waals surface area contributed by atoms with Crippen LogP contribution in [0.15, 0.2) is 24.3 Å². The molecule has 0 N–H and O–H groups in total. The van der Waals surface area contributed by atoms with Gasteiger partial charge in [0.1, 0.15) is 0 Å². The number of hydrogen-bond donors (Lipinski definition) is 0. The molecule has 120 valence electrons. The summed E-state index contributed by atoms with van der Waals surface area (Å²) < 4.78 is 0.973. The maximum atomic E-state index is 12.6. The molecule has 22 heavy (non-hydrogen) atoms. The number of benzene rings is 1. The van der Waals surface area contributed by atoms with E-state index in [1.807, 2.05) is 34.1 Å². The monoisotopic (exact) mass is 414 g/mol. The Morgan fingerprint density at radius 3 is 2.14 bits per heavy atom. The lowest BCUT2D eigenvalue weighted by molar-refractivity contribution is -0.137. The van der Waals surface area contributed by atoms with Gasteiger partial charge in [0.2, 0.25) is 5.91 Å². The van der Waals surface area contributed by atoms with Crippen LogP contribution >= 0.6 is 22.6 Å². The molecule has 1 aliphatic heterocycles. The molecule has 4 nitrogen and oxygen atoms in total. The van der Waals surface area contributed by atoms with Crippen molar-refractivity contribution in [1.29, 1.82) is 0 Å². The van der Waals surface area contributed by atoms with Gasteiger partial charge in [0.05, 0.1) is 5.56 Å². The van der Waals surface area contributed by atoms with Crippen LogP contribution in [0.5, 0.6) is 0 Å². The Morgan fingerprint density at radius 2 is 1.59 bits per heavy atom. The lowest BCUT2D eigenvalue weighted by Gasteiger charge is -2.36. The van der Waals surface area contributed by atoms with Crippen molar-refractivity contribution in [1.82, 2.24) is 9.80 Å². The van der Waals surface area contributed by atoms with E-state index in [0.717, 1.165) is 22.0 Å². The molecule has 0 aromatic heterocycles. The third-order valence-corrected chi connectivity index (χ3v) is 5.26. The zero-order valence-corrected chi connectivity index (χ0v) is 15.4. The van der Waals surface area contributed by atoms with Gasteiger partial charge in [-0.3, -0.25) is 9.59 Å². The summed E-state index contributed by atoms with van der Waals surface area (Å²) >= 11 is 2.19. The predicted molar refractivity (Wildman–Crippen MR) is 95.7 cm³/mol. The van der Waals surface area contributed by atoms with E-state index in [1.54, 1.807) is 0 Å². The van der Waals surface area contributed by atoms with Gasteiger partial charge < -0.3 is 9.80 Å². The Bertz CT molecular complexity index is 535. The molecule has 1 fully saturated rings. The zero-order chi connectivity index (χ0) is 16.1. The predicted octanol–water partition coefficient (Wildman–Crippen LogP) is 3.01. The molecular weight excluding hydrogens is 391 g/mol. The van der Waals surface area contributed by atoms with E-state index in [2.05, 4.69) is 36.4 Å². The van der Waals surface area contributed by atoms with Crippen LogP contribution in [0.25, 0.3) is 0 Å². The highest BCUT2D eigenvalue weighted by atomic mass is 127. The van der Waals surface area contributed by atoms with Crippen molar-refractivity contribution in [2.45, 2.75) is 26.7 Å². The van der Waals surface area contributed by atoms with Crippen molar-refractivity contribution in [3.63, 3.8) is 0 Å². The van der Waals surface area contributed by atoms with Gasteiger partial charge in [-0.2, -0.15) is 0 Å². The van der Waals surface area contributed by atoms with Gasteiger partial charge in [0.25, 0.3) is 5.91 Å². The maximum absolute atomic E-state index is 12.6. The number of hydrogen-bond acceptors (Lipinski definition) is 2. The Balaban J connectivity index is 1.96. The van der Waals surface area contributed by atoms with E-state index in [-0.39, 0.29) is 17.7 Å². The summed E-state index contributed by atoms with van der Waals surface area (Å²) in [5.74, 6) is 0.434. The lowest BCUT2D eigenvalue weighted by atomic mass is 10.0. The molecule has 0 bridgehead atoms. The first-order chi connectivity index (χ1) is 10.6. The van der Waals surface area contributed by atoms with Crippen LogP contribution in [0.4, 0.5) is 0 Å². The molecule has 1 aromatic rings. The Morgan fingerprint density at radius 1 is 1.05 bits per heavy atom. The normalized spacial score (nSPS) is 15.3. The van der Waals surface area contributed by atoms with E-state index >= 15 is 0 Å². The standard InChI is InChI=1S/C17H23IN2O2/c1-3-13(4-2)16(21)19-9-11-20(12-10-19)17(22)14-7-5-6-8-15(14)18/h5-8,13H,3-4,9-12H2,1-2H3. The van der Waals surface area contributed by atoms with Crippen LogP contribution in [0.1, 0.15) is 37.0 Å². The molecule has 0 spiro atoms. The summed E-state index contributed by atoms with van der Waals surface area (Å²) in [7, 11) is 0. The molecular formula is C17H23IN2O2. The van der Waals surface area contributed by atoms with Crippen LogP contribution in [-0.4, -0.2) is 47.8 Å². The number of carbonyl (C=O) groups excluding carboxylic acids is 2. The van der Waals surface area contributed by atoms with Crippen molar-refractivity contribution in [2.24, 2.45) is 5.92 Å². The number of rotatable bonds is 4. The third kappa shape index (κ3) is 3.80. The fourth-order valence-corrected chi connectivity index (χ4v) is 3.45. The number of carbonyl (C=O) groups is 2. The van der Waals surface area contributed by atoms with Gasteiger partial charge in [-0.15, -0.1) is 0 Å². The van der Waals surface area contributed by atoms with Gasteiger partial charge >= 0.3 is 0 Å². The van der Waals surface area contributed by atoms with E-state index in [4.69, 9.17) is 0 Å². The Hall–Kier alpha value is -1.11. The third-order valence-electron chi connectivity index (χ3n) is 4.32. The van der Waals surface area contributed by atoms with Crippen molar-refractivity contribution in [3.05, 3.63) is 33.4 Å². The average Bonchev–Trinajstić information content (AvgIpc) is 2.56. The maximum Gasteiger partial charge on any atom is 0.255 e. The summed E-state index contributed by atoms with van der Waals surface area (Å²) in [5.41, 5.74) is 0.753. The Labute approximate surface area is 146 Å². The Kier molecular flexibility index (Phi) is 6.23. The van der Waals surface area contributed by atoms with Crippen LogP contribution in [0.2, 0.25) is 0 Å². The number of piperazine rings is 1. The van der Waals surface area contributed by atoms with Crippen LogP contribution < -0.4 is 0 Å². The summed E-state index contributed by atoms with van der Waals surface area (Å²) in [6.07, 6.45) is 1.77. The first-order valence-electron chi connectivity index (χ1n) is 7.91. The molecule has 0 saturated carbocycles. The number of halogens is 1. The highest BCUT2D eigenvalue weighted by Crippen LogP contribution is 2.17. The van der Waals surface area contributed by atoms with Crippen molar-refractivity contribution in [3.8, 4) is 0 Å². The summed E-state index contributed by atoms with van der Waals surface area (Å²) in [5, 5.41) is 0. The fourth-order valence-electron chi connectivity index (χ4n) is 2.83. The minimum Gasteiger partial charge on any atom is -0.339 e. The number of amides is 2. The SMILES string of the molecule is CCC(CC)C(=O)N1CCN(C(=O)c2ccccc2I)CC1. The van der Waals surface area contributed by atoms with Gasteiger partial charge in [-0.25, -0.2) is 0 Å². The highest BCUT2D eigenvalue weighted by Gasteiger charge is 2.28.